The maximum absolute atomic E-state index is 6.34. The van der Waals surface area contributed by atoms with Gasteiger partial charge in [0, 0.05) is 19.0 Å². The quantitative estimate of drug-likeness (QED) is 0.695. The van der Waals surface area contributed by atoms with Crippen molar-refractivity contribution in [1.29, 1.82) is 0 Å². The first-order valence-electron chi connectivity index (χ1n) is 5.86. The molecule has 0 bridgehead atoms. The molecule has 104 valence electrons. The number of rotatable bonds is 4. The van der Waals surface area contributed by atoms with E-state index in [1.54, 1.807) is 11.3 Å². The zero-order valence-electron chi connectivity index (χ0n) is 10.6. The van der Waals surface area contributed by atoms with E-state index in [4.69, 9.17) is 5.73 Å². The van der Waals surface area contributed by atoms with Gasteiger partial charge in [-0.2, -0.15) is 5.10 Å². The highest BCUT2D eigenvalue weighted by molar-refractivity contribution is 9.12. The molecule has 0 saturated carbocycles. The molecule has 7 heteroatoms. The van der Waals surface area contributed by atoms with Crippen LogP contribution < -0.4 is 5.73 Å². The predicted octanol–water partition coefficient (Wildman–Crippen LogP) is 4.80. The van der Waals surface area contributed by atoms with E-state index in [9.17, 15) is 0 Å². The summed E-state index contributed by atoms with van der Waals surface area (Å²) >= 11 is 12.3. The summed E-state index contributed by atoms with van der Waals surface area (Å²) in [7, 11) is 0. The number of aryl methyl sites for hydroxylation is 2. The first-order valence-corrected chi connectivity index (χ1v) is 9.05. The molecule has 0 radical (unpaired) electrons. The lowest BCUT2D eigenvalue weighted by Gasteiger charge is -2.12. The maximum atomic E-state index is 6.34. The average molecular weight is 472 g/mol. The second-order valence-corrected chi connectivity index (χ2v) is 8.79. The molecule has 1 unspecified atom stereocenters. The molecule has 0 aliphatic carbocycles. The highest BCUT2D eigenvalue weighted by atomic mass is 79.9. The summed E-state index contributed by atoms with van der Waals surface area (Å²) in [5, 5.41) is 4.50. The Morgan fingerprint density at radius 3 is 2.63 bits per heavy atom. The Labute approximate surface area is 142 Å². The van der Waals surface area contributed by atoms with Crippen molar-refractivity contribution in [3.05, 3.63) is 35.1 Å². The standard InChI is InChI=1S/C12H14Br3N3S/c1-3-18-9(11(14)6(2)17-18)5-8(16)7-4-10(13)19-12(7)15/h4,8H,3,5,16H2,1-2H3. The molecule has 0 fully saturated rings. The van der Waals surface area contributed by atoms with Crippen LogP contribution in [0.1, 0.15) is 29.9 Å². The average Bonchev–Trinajstić information content (AvgIpc) is 2.83. The molecule has 0 saturated heterocycles. The second kappa shape index (κ2) is 6.39. The lowest BCUT2D eigenvalue weighted by atomic mass is 10.1. The fraction of sp³-hybridized carbons (Fsp3) is 0.417. The van der Waals surface area contributed by atoms with Crippen LogP contribution in [0.2, 0.25) is 0 Å². The molecule has 0 aliphatic rings. The minimum absolute atomic E-state index is 0.0466. The van der Waals surface area contributed by atoms with Crippen LogP contribution >= 0.6 is 59.1 Å². The number of nitrogens with two attached hydrogens (primary N) is 1. The van der Waals surface area contributed by atoms with Gasteiger partial charge in [-0.25, -0.2) is 0 Å². The van der Waals surface area contributed by atoms with Crippen LogP contribution in [0.15, 0.2) is 18.1 Å². The lowest BCUT2D eigenvalue weighted by Crippen LogP contribution is -2.16. The second-order valence-electron chi connectivity index (χ2n) is 4.25. The zero-order chi connectivity index (χ0) is 14.2. The summed E-state index contributed by atoms with van der Waals surface area (Å²) in [4.78, 5) is 0. The molecule has 19 heavy (non-hydrogen) atoms. The van der Waals surface area contributed by atoms with Crippen LogP contribution in [0.3, 0.4) is 0 Å². The molecular formula is C12H14Br3N3S. The molecule has 0 aromatic carbocycles. The summed E-state index contributed by atoms with van der Waals surface area (Å²) in [6, 6.07) is 2.03. The number of halogens is 3. The van der Waals surface area contributed by atoms with Crippen molar-refractivity contribution in [2.45, 2.75) is 32.9 Å². The van der Waals surface area contributed by atoms with E-state index in [1.807, 2.05) is 11.6 Å². The molecule has 2 heterocycles. The SMILES string of the molecule is CCn1nc(C)c(Br)c1CC(N)c1cc(Br)sc1Br. The molecular weight excluding hydrogens is 458 g/mol. The van der Waals surface area contributed by atoms with E-state index in [-0.39, 0.29) is 6.04 Å². The van der Waals surface area contributed by atoms with Crippen LogP contribution in [0, 0.1) is 6.92 Å². The van der Waals surface area contributed by atoms with Gasteiger partial charge in [0.05, 0.1) is 23.4 Å². The number of thiophene rings is 1. The van der Waals surface area contributed by atoms with Gasteiger partial charge in [0.1, 0.15) is 0 Å². The van der Waals surface area contributed by atoms with E-state index in [2.05, 4.69) is 65.9 Å². The fourth-order valence-corrected chi connectivity index (χ4v) is 5.43. The summed E-state index contributed by atoms with van der Waals surface area (Å²) in [6.45, 7) is 4.94. The lowest BCUT2D eigenvalue weighted by molar-refractivity contribution is 0.586. The third-order valence-corrected chi connectivity index (χ3v) is 6.37. The van der Waals surface area contributed by atoms with Crippen LogP contribution in [-0.2, 0) is 13.0 Å². The van der Waals surface area contributed by atoms with Crippen LogP contribution in [0.25, 0.3) is 0 Å². The summed E-state index contributed by atoms with van der Waals surface area (Å²) in [5.74, 6) is 0. The number of hydrogen-bond donors (Lipinski definition) is 1. The van der Waals surface area contributed by atoms with E-state index >= 15 is 0 Å². The minimum Gasteiger partial charge on any atom is -0.324 e. The topological polar surface area (TPSA) is 43.8 Å². The Morgan fingerprint density at radius 1 is 1.42 bits per heavy atom. The first-order chi connectivity index (χ1) is 8.93. The number of hydrogen-bond acceptors (Lipinski definition) is 3. The van der Waals surface area contributed by atoms with Gasteiger partial charge in [0.15, 0.2) is 0 Å². The normalized spacial score (nSPS) is 12.9. The highest BCUT2D eigenvalue weighted by Crippen LogP contribution is 2.36. The van der Waals surface area contributed by atoms with Gasteiger partial charge in [0.2, 0.25) is 0 Å². The van der Waals surface area contributed by atoms with E-state index < -0.39 is 0 Å². The summed E-state index contributed by atoms with van der Waals surface area (Å²) in [6.07, 6.45) is 0.761. The third-order valence-electron chi connectivity index (χ3n) is 2.95. The molecule has 0 amide bonds. The predicted molar refractivity (Wildman–Crippen MR) is 90.7 cm³/mol. The molecule has 1 atom stereocenters. The zero-order valence-corrected chi connectivity index (χ0v) is 16.2. The summed E-state index contributed by atoms with van der Waals surface area (Å²) in [5.41, 5.74) is 9.63. The van der Waals surface area contributed by atoms with Crippen molar-refractivity contribution in [1.82, 2.24) is 9.78 Å². The summed E-state index contributed by atoms with van der Waals surface area (Å²) < 4.78 is 5.25. The molecule has 2 aromatic heterocycles. The Balaban J connectivity index is 2.28. The number of aromatic nitrogens is 2. The molecule has 0 aliphatic heterocycles. The van der Waals surface area contributed by atoms with Crippen molar-refractivity contribution in [2.24, 2.45) is 5.73 Å². The maximum Gasteiger partial charge on any atom is 0.0758 e. The molecule has 2 aromatic rings. The fourth-order valence-electron chi connectivity index (χ4n) is 1.99. The Kier molecular flexibility index (Phi) is 5.28. The highest BCUT2D eigenvalue weighted by Gasteiger charge is 2.19. The number of nitrogens with zero attached hydrogens (tertiary/aromatic N) is 2. The smallest absolute Gasteiger partial charge is 0.0758 e. The largest absolute Gasteiger partial charge is 0.324 e. The van der Waals surface area contributed by atoms with E-state index in [1.165, 1.54) is 0 Å². The van der Waals surface area contributed by atoms with Crippen LogP contribution in [0.5, 0.6) is 0 Å². The van der Waals surface area contributed by atoms with Gasteiger partial charge >= 0.3 is 0 Å². The Hall–Kier alpha value is 0.310. The monoisotopic (exact) mass is 469 g/mol. The molecule has 2 N–H and O–H groups in total. The van der Waals surface area contributed by atoms with E-state index in [0.29, 0.717) is 0 Å². The van der Waals surface area contributed by atoms with Crippen LogP contribution in [0.4, 0.5) is 0 Å². The molecule has 2 rings (SSSR count). The minimum atomic E-state index is -0.0466. The Bertz CT molecular complexity index is 591. The molecule has 3 nitrogen and oxygen atoms in total. The van der Waals surface area contributed by atoms with Crippen molar-refractivity contribution in [2.75, 3.05) is 0 Å². The molecule has 0 spiro atoms. The Morgan fingerprint density at radius 2 is 2.11 bits per heavy atom. The van der Waals surface area contributed by atoms with Gasteiger partial charge in [-0.15, -0.1) is 11.3 Å². The van der Waals surface area contributed by atoms with Gasteiger partial charge in [-0.3, -0.25) is 4.68 Å². The van der Waals surface area contributed by atoms with Gasteiger partial charge in [-0.1, -0.05) is 0 Å². The van der Waals surface area contributed by atoms with Crippen molar-refractivity contribution in [3.63, 3.8) is 0 Å². The van der Waals surface area contributed by atoms with Crippen molar-refractivity contribution < 1.29 is 0 Å². The van der Waals surface area contributed by atoms with Gasteiger partial charge in [-0.05, 0) is 73.3 Å². The van der Waals surface area contributed by atoms with Crippen molar-refractivity contribution >= 4 is 59.1 Å². The van der Waals surface area contributed by atoms with E-state index in [0.717, 1.165) is 42.0 Å². The van der Waals surface area contributed by atoms with Gasteiger partial charge in [0.25, 0.3) is 0 Å². The van der Waals surface area contributed by atoms with Crippen molar-refractivity contribution in [3.8, 4) is 0 Å². The van der Waals surface area contributed by atoms with Crippen LogP contribution in [-0.4, -0.2) is 9.78 Å². The van der Waals surface area contributed by atoms with Gasteiger partial charge < -0.3 is 5.73 Å². The first kappa shape index (κ1) is 15.7. The third kappa shape index (κ3) is 3.32.